The van der Waals surface area contributed by atoms with Gasteiger partial charge in [0.2, 0.25) is 5.78 Å². The summed E-state index contributed by atoms with van der Waals surface area (Å²) in [6.07, 6.45) is -8.73. The van der Waals surface area contributed by atoms with Crippen LogP contribution in [0.15, 0.2) is 29.2 Å². The number of halogens is 3. The Balaban J connectivity index is 2.88. The lowest BCUT2D eigenvalue weighted by Crippen LogP contribution is -2.30. The van der Waals surface area contributed by atoms with E-state index in [2.05, 4.69) is 4.18 Å². The molecule has 0 fully saturated rings. The highest BCUT2D eigenvalue weighted by Gasteiger charge is 2.40. The SMILES string of the molecule is Cc1ccc(S(=O)(=O)OC(C=O)CC(=O)C(F)(F)F)cc1. The first-order valence-corrected chi connectivity index (χ1v) is 7.02. The molecule has 1 atom stereocenters. The number of Topliss-reactive ketones (excluding diaryl/α,β-unsaturated/α-hetero) is 1. The molecule has 0 saturated carbocycles. The van der Waals surface area contributed by atoms with Crippen molar-refractivity contribution in [2.24, 2.45) is 0 Å². The molecule has 1 rings (SSSR count). The predicted molar refractivity (Wildman–Crippen MR) is 65.0 cm³/mol. The number of aryl methyl sites for hydroxylation is 1. The van der Waals surface area contributed by atoms with E-state index < -0.39 is 34.6 Å². The molecule has 0 spiro atoms. The molecule has 0 radical (unpaired) electrons. The standard InChI is InChI=1S/C12H11F3O5S/c1-8-2-4-10(5-3-8)21(18,19)20-9(7-16)6-11(17)12(13,14)15/h2-5,7,9H,6H2,1H3. The lowest BCUT2D eigenvalue weighted by molar-refractivity contribution is -0.172. The molecule has 0 aliphatic carbocycles. The predicted octanol–water partition coefficient (Wildman–Crippen LogP) is 1.79. The monoisotopic (exact) mass is 324 g/mol. The molecule has 0 aliphatic heterocycles. The molecule has 0 aliphatic rings. The Kier molecular flexibility index (Phi) is 5.24. The van der Waals surface area contributed by atoms with Gasteiger partial charge in [0.15, 0.2) is 6.29 Å². The molecule has 0 bridgehead atoms. The summed E-state index contributed by atoms with van der Waals surface area (Å²) in [4.78, 5) is 21.0. The molecule has 1 unspecified atom stereocenters. The number of aldehydes is 1. The van der Waals surface area contributed by atoms with Crippen LogP contribution < -0.4 is 0 Å². The third-order valence-corrected chi connectivity index (χ3v) is 3.76. The van der Waals surface area contributed by atoms with Crippen LogP contribution in [0.5, 0.6) is 0 Å². The summed E-state index contributed by atoms with van der Waals surface area (Å²) in [6.45, 7) is 1.70. The molecule has 0 heterocycles. The van der Waals surface area contributed by atoms with Crippen LogP contribution in [0.4, 0.5) is 13.2 Å². The summed E-state index contributed by atoms with van der Waals surface area (Å²) in [5, 5.41) is 0. The van der Waals surface area contributed by atoms with E-state index in [0.717, 1.165) is 5.56 Å². The third-order valence-electron chi connectivity index (χ3n) is 2.41. The first-order chi connectivity index (χ1) is 9.56. The van der Waals surface area contributed by atoms with Gasteiger partial charge in [-0.15, -0.1) is 0 Å². The second-order valence-corrected chi connectivity index (χ2v) is 5.74. The van der Waals surface area contributed by atoms with Crippen molar-refractivity contribution in [2.75, 3.05) is 0 Å². The van der Waals surface area contributed by atoms with E-state index >= 15 is 0 Å². The minimum atomic E-state index is -5.15. The summed E-state index contributed by atoms with van der Waals surface area (Å²) < 4.78 is 64.1. The van der Waals surface area contributed by atoms with Crippen LogP contribution in [-0.2, 0) is 23.9 Å². The maximum atomic E-state index is 12.1. The van der Waals surface area contributed by atoms with Crippen molar-refractivity contribution in [1.82, 2.24) is 0 Å². The van der Waals surface area contributed by atoms with E-state index in [1.165, 1.54) is 24.3 Å². The van der Waals surface area contributed by atoms with Gasteiger partial charge in [0, 0.05) is 0 Å². The summed E-state index contributed by atoms with van der Waals surface area (Å²) >= 11 is 0. The van der Waals surface area contributed by atoms with Crippen molar-refractivity contribution in [3.63, 3.8) is 0 Å². The van der Waals surface area contributed by atoms with Gasteiger partial charge < -0.3 is 4.79 Å². The number of ketones is 1. The lowest BCUT2D eigenvalue weighted by Gasteiger charge is -2.12. The molecular weight excluding hydrogens is 313 g/mol. The average molecular weight is 324 g/mol. The fourth-order valence-corrected chi connectivity index (χ4v) is 2.35. The van der Waals surface area contributed by atoms with E-state index in [0.29, 0.717) is 0 Å². The van der Waals surface area contributed by atoms with Crippen LogP contribution in [0.25, 0.3) is 0 Å². The molecule has 0 aromatic heterocycles. The first-order valence-electron chi connectivity index (χ1n) is 5.61. The molecule has 21 heavy (non-hydrogen) atoms. The molecular formula is C12H11F3O5S. The summed E-state index contributed by atoms with van der Waals surface area (Å²) in [5.41, 5.74) is 0.758. The van der Waals surface area contributed by atoms with Gasteiger partial charge in [-0.3, -0.25) is 8.98 Å². The van der Waals surface area contributed by atoms with Crippen molar-refractivity contribution < 1.29 is 35.4 Å². The zero-order chi connectivity index (χ0) is 16.3. The van der Waals surface area contributed by atoms with Crippen LogP contribution in [0.2, 0.25) is 0 Å². The number of carbonyl (C=O) groups excluding carboxylic acids is 2. The number of hydrogen-bond acceptors (Lipinski definition) is 5. The maximum absolute atomic E-state index is 12.1. The molecule has 0 saturated heterocycles. The van der Waals surface area contributed by atoms with Crippen molar-refractivity contribution >= 4 is 22.2 Å². The largest absolute Gasteiger partial charge is 0.450 e. The number of benzene rings is 1. The highest BCUT2D eigenvalue weighted by Crippen LogP contribution is 2.21. The molecule has 1 aromatic carbocycles. The summed E-state index contributed by atoms with van der Waals surface area (Å²) in [7, 11) is -4.43. The van der Waals surface area contributed by atoms with Crippen LogP contribution in [0.3, 0.4) is 0 Å². The molecule has 116 valence electrons. The topological polar surface area (TPSA) is 77.5 Å². The molecule has 1 aromatic rings. The molecule has 9 heteroatoms. The van der Waals surface area contributed by atoms with Crippen molar-refractivity contribution in [2.45, 2.75) is 30.5 Å². The lowest BCUT2D eigenvalue weighted by atomic mass is 10.2. The molecule has 5 nitrogen and oxygen atoms in total. The van der Waals surface area contributed by atoms with E-state index in [4.69, 9.17) is 0 Å². The average Bonchev–Trinajstić information content (AvgIpc) is 2.36. The number of alkyl halides is 3. The van der Waals surface area contributed by atoms with Gasteiger partial charge in [-0.25, -0.2) is 0 Å². The van der Waals surface area contributed by atoms with Crippen LogP contribution in [0.1, 0.15) is 12.0 Å². The number of rotatable bonds is 6. The van der Waals surface area contributed by atoms with Crippen molar-refractivity contribution in [1.29, 1.82) is 0 Å². The van der Waals surface area contributed by atoms with Gasteiger partial charge in [-0.1, -0.05) is 17.7 Å². The van der Waals surface area contributed by atoms with Gasteiger partial charge in [0.1, 0.15) is 6.10 Å². The Labute approximate surface area is 118 Å². The van der Waals surface area contributed by atoms with Crippen molar-refractivity contribution in [3.8, 4) is 0 Å². The van der Waals surface area contributed by atoms with E-state index in [9.17, 15) is 31.2 Å². The minimum absolute atomic E-state index is 0.157. The van der Waals surface area contributed by atoms with Gasteiger partial charge in [0.25, 0.3) is 10.1 Å². The second-order valence-electron chi connectivity index (χ2n) is 4.16. The summed E-state index contributed by atoms with van der Waals surface area (Å²) in [6, 6.07) is 5.26. The molecule has 0 amide bonds. The molecule has 0 N–H and O–H groups in total. The van der Waals surface area contributed by atoms with Crippen LogP contribution >= 0.6 is 0 Å². The Morgan fingerprint density at radius 3 is 2.24 bits per heavy atom. The quantitative estimate of drug-likeness (QED) is 0.589. The zero-order valence-electron chi connectivity index (χ0n) is 10.8. The third kappa shape index (κ3) is 4.94. The smallest absolute Gasteiger partial charge is 0.300 e. The van der Waals surface area contributed by atoms with Gasteiger partial charge in [-0.2, -0.15) is 21.6 Å². The number of carbonyl (C=O) groups is 2. The summed E-state index contributed by atoms with van der Waals surface area (Å²) in [5.74, 6) is -2.24. The van der Waals surface area contributed by atoms with E-state index in [-0.39, 0.29) is 11.2 Å². The second kappa shape index (κ2) is 6.35. The number of hydrogen-bond donors (Lipinski definition) is 0. The highest BCUT2D eigenvalue weighted by molar-refractivity contribution is 7.86. The fraction of sp³-hybridized carbons (Fsp3) is 0.333. The Bertz CT molecular complexity index is 619. The Hall–Kier alpha value is -1.74. The Morgan fingerprint density at radius 2 is 1.81 bits per heavy atom. The van der Waals surface area contributed by atoms with Crippen LogP contribution in [0, 0.1) is 6.92 Å². The van der Waals surface area contributed by atoms with E-state index in [1.54, 1.807) is 6.92 Å². The van der Waals surface area contributed by atoms with Gasteiger partial charge >= 0.3 is 6.18 Å². The van der Waals surface area contributed by atoms with Gasteiger partial charge in [0.05, 0.1) is 11.3 Å². The Morgan fingerprint density at radius 1 is 1.29 bits per heavy atom. The first kappa shape index (κ1) is 17.3. The van der Waals surface area contributed by atoms with Crippen molar-refractivity contribution in [3.05, 3.63) is 29.8 Å². The fourth-order valence-electron chi connectivity index (χ4n) is 1.33. The highest BCUT2D eigenvalue weighted by atomic mass is 32.2. The van der Waals surface area contributed by atoms with E-state index in [1.807, 2.05) is 0 Å². The minimum Gasteiger partial charge on any atom is -0.300 e. The maximum Gasteiger partial charge on any atom is 0.450 e. The van der Waals surface area contributed by atoms with Crippen LogP contribution in [-0.4, -0.2) is 32.8 Å². The normalized spacial score (nSPS) is 13.7. The van der Waals surface area contributed by atoms with Gasteiger partial charge in [-0.05, 0) is 19.1 Å². The zero-order valence-corrected chi connectivity index (χ0v) is 11.6.